The molecule has 0 aliphatic carbocycles. The van der Waals surface area contributed by atoms with Crippen molar-refractivity contribution in [2.75, 3.05) is 18.0 Å². The molecule has 21 heavy (non-hydrogen) atoms. The topological polar surface area (TPSA) is 71.3 Å². The van der Waals surface area contributed by atoms with Crippen LogP contribution in [-0.4, -0.2) is 35.1 Å². The Balaban J connectivity index is 1.85. The van der Waals surface area contributed by atoms with Crippen molar-refractivity contribution in [1.29, 1.82) is 0 Å². The van der Waals surface area contributed by atoms with Gasteiger partial charge in [0.25, 0.3) is 5.69 Å². The molecular formula is C15H22N4O2. The summed E-state index contributed by atoms with van der Waals surface area (Å²) in [6.45, 7) is 3.81. The number of nitrogens with one attached hydrogen (secondary N) is 1. The molecule has 0 saturated carbocycles. The minimum atomic E-state index is -0.363. The summed E-state index contributed by atoms with van der Waals surface area (Å²) in [5, 5.41) is 14.5. The van der Waals surface area contributed by atoms with Crippen LogP contribution in [0.3, 0.4) is 0 Å². The lowest BCUT2D eigenvalue weighted by atomic mass is 9.94. The highest BCUT2D eigenvalue weighted by Gasteiger charge is 2.32. The quantitative estimate of drug-likeness (QED) is 0.683. The Hall–Kier alpha value is -1.69. The highest BCUT2D eigenvalue weighted by atomic mass is 16.6. The van der Waals surface area contributed by atoms with Crippen LogP contribution in [0.2, 0.25) is 0 Å². The minimum absolute atomic E-state index is 0.103. The molecule has 2 aliphatic heterocycles. The van der Waals surface area contributed by atoms with Gasteiger partial charge in [-0.25, -0.2) is 4.98 Å². The summed E-state index contributed by atoms with van der Waals surface area (Å²) in [7, 11) is 0. The number of rotatable bonds is 3. The van der Waals surface area contributed by atoms with E-state index in [-0.39, 0.29) is 10.6 Å². The SMILES string of the molecule is Cc1nc(N2CCCCC2C2CCCN2)ccc1[N+](=O)[O-]. The third kappa shape index (κ3) is 2.85. The van der Waals surface area contributed by atoms with Crippen LogP contribution >= 0.6 is 0 Å². The number of nitrogens with zero attached hydrogens (tertiary/aromatic N) is 3. The number of hydrogen-bond donors (Lipinski definition) is 1. The molecule has 2 atom stereocenters. The van der Waals surface area contributed by atoms with Crippen LogP contribution in [0.5, 0.6) is 0 Å². The summed E-state index contributed by atoms with van der Waals surface area (Å²) in [5.41, 5.74) is 0.604. The fourth-order valence-corrected chi connectivity index (χ4v) is 3.59. The first-order valence-corrected chi connectivity index (χ1v) is 7.79. The number of aromatic nitrogens is 1. The smallest absolute Gasteiger partial charge is 0.290 e. The highest BCUT2D eigenvalue weighted by Crippen LogP contribution is 2.29. The van der Waals surface area contributed by atoms with Gasteiger partial charge in [-0.15, -0.1) is 0 Å². The molecule has 3 heterocycles. The number of pyridine rings is 1. The molecule has 2 saturated heterocycles. The van der Waals surface area contributed by atoms with E-state index in [1.807, 2.05) is 0 Å². The second-order valence-corrected chi connectivity index (χ2v) is 5.99. The maximum absolute atomic E-state index is 10.9. The zero-order valence-corrected chi connectivity index (χ0v) is 12.4. The van der Waals surface area contributed by atoms with Crippen molar-refractivity contribution >= 4 is 11.5 Å². The van der Waals surface area contributed by atoms with Gasteiger partial charge in [0.05, 0.1) is 4.92 Å². The molecule has 3 rings (SSSR count). The van der Waals surface area contributed by atoms with E-state index in [0.29, 0.717) is 17.8 Å². The molecule has 114 valence electrons. The van der Waals surface area contributed by atoms with Gasteiger partial charge in [-0.2, -0.15) is 0 Å². The van der Waals surface area contributed by atoms with Crippen molar-refractivity contribution in [3.63, 3.8) is 0 Å². The molecular weight excluding hydrogens is 268 g/mol. The highest BCUT2D eigenvalue weighted by molar-refractivity contribution is 5.48. The molecule has 0 bridgehead atoms. The largest absolute Gasteiger partial charge is 0.352 e. The van der Waals surface area contributed by atoms with Crippen LogP contribution in [0.1, 0.15) is 37.8 Å². The Morgan fingerprint density at radius 1 is 1.33 bits per heavy atom. The van der Waals surface area contributed by atoms with Gasteiger partial charge in [0, 0.05) is 24.7 Å². The van der Waals surface area contributed by atoms with Gasteiger partial charge >= 0.3 is 0 Å². The average Bonchev–Trinajstić information content (AvgIpc) is 3.01. The molecule has 1 aromatic rings. The fraction of sp³-hybridized carbons (Fsp3) is 0.667. The first kappa shape index (κ1) is 14.3. The van der Waals surface area contributed by atoms with Crippen LogP contribution in [0.4, 0.5) is 11.5 Å². The van der Waals surface area contributed by atoms with Gasteiger partial charge < -0.3 is 10.2 Å². The van der Waals surface area contributed by atoms with Crippen LogP contribution < -0.4 is 10.2 Å². The van der Waals surface area contributed by atoms with E-state index in [4.69, 9.17) is 0 Å². The summed E-state index contributed by atoms with van der Waals surface area (Å²) < 4.78 is 0. The number of nitro groups is 1. The van der Waals surface area contributed by atoms with Crippen molar-refractivity contribution < 1.29 is 4.92 Å². The summed E-state index contributed by atoms with van der Waals surface area (Å²) in [6, 6.07) is 4.39. The molecule has 0 aromatic carbocycles. The van der Waals surface area contributed by atoms with E-state index in [9.17, 15) is 10.1 Å². The molecule has 0 amide bonds. The Morgan fingerprint density at radius 3 is 2.86 bits per heavy atom. The molecule has 2 unspecified atom stereocenters. The monoisotopic (exact) mass is 290 g/mol. The standard InChI is InChI=1S/C15H22N4O2/c1-11-13(19(20)21)7-8-15(17-11)18-10-3-2-6-14(18)12-5-4-9-16-12/h7-8,12,14,16H,2-6,9-10H2,1H3. The molecule has 6 heteroatoms. The van der Waals surface area contributed by atoms with E-state index in [1.54, 1.807) is 19.1 Å². The third-order valence-corrected chi connectivity index (χ3v) is 4.65. The minimum Gasteiger partial charge on any atom is -0.352 e. The van der Waals surface area contributed by atoms with E-state index in [2.05, 4.69) is 15.2 Å². The Bertz CT molecular complexity index is 528. The lowest BCUT2D eigenvalue weighted by Crippen LogP contribution is -2.50. The van der Waals surface area contributed by atoms with Gasteiger partial charge in [0.2, 0.25) is 0 Å². The predicted octanol–water partition coefficient (Wildman–Crippen LogP) is 2.41. The van der Waals surface area contributed by atoms with E-state index in [0.717, 1.165) is 18.9 Å². The van der Waals surface area contributed by atoms with Crippen LogP contribution in [0, 0.1) is 17.0 Å². The molecule has 1 aromatic heterocycles. The predicted molar refractivity (Wildman–Crippen MR) is 81.6 cm³/mol. The molecule has 1 N–H and O–H groups in total. The fourth-order valence-electron chi connectivity index (χ4n) is 3.59. The lowest BCUT2D eigenvalue weighted by molar-refractivity contribution is -0.385. The molecule has 2 aliphatic rings. The number of anilines is 1. The van der Waals surface area contributed by atoms with Gasteiger partial charge in [-0.05, 0) is 51.6 Å². The Labute approximate surface area is 124 Å². The van der Waals surface area contributed by atoms with Crippen LogP contribution in [0.25, 0.3) is 0 Å². The number of aryl methyl sites for hydroxylation is 1. The van der Waals surface area contributed by atoms with Gasteiger partial charge in [0.1, 0.15) is 11.5 Å². The van der Waals surface area contributed by atoms with Crippen molar-refractivity contribution in [2.24, 2.45) is 0 Å². The second-order valence-electron chi connectivity index (χ2n) is 5.99. The second kappa shape index (κ2) is 5.97. The summed E-state index contributed by atoms with van der Waals surface area (Å²) >= 11 is 0. The average molecular weight is 290 g/mol. The van der Waals surface area contributed by atoms with Crippen molar-refractivity contribution in [3.05, 3.63) is 27.9 Å². The van der Waals surface area contributed by atoms with E-state index in [1.165, 1.54) is 32.1 Å². The lowest BCUT2D eigenvalue weighted by Gasteiger charge is -2.40. The summed E-state index contributed by atoms with van der Waals surface area (Å²) in [4.78, 5) is 17.4. The maximum Gasteiger partial charge on any atom is 0.290 e. The van der Waals surface area contributed by atoms with Crippen molar-refractivity contribution in [1.82, 2.24) is 10.3 Å². The van der Waals surface area contributed by atoms with Crippen molar-refractivity contribution in [2.45, 2.75) is 51.1 Å². The van der Waals surface area contributed by atoms with Gasteiger partial charge in [-0.3, -0.25) is 10.1 Å². The Morgan fingerprint density at radius 2 is 2.19 bits per heavy atom. The molecule has 0 spiro atoms. The third-order valence-electron chi connectivity index (χ3n) is 4.65. The van der Waals surface area contributed by atoms with Crippen molar-refractivity contribution in [3.8, 4) is 0 Å². The van der Waals surface area contributed by atoms with Crippen LogP contribution in [-0.2, 0) is 0 Å². The zero-order valence-electron chi connectivity index (χ0n) is 12.4. The van der Waals surface area contributed by atoms with E-state index < -0.39 is 0 Å². The van der Waals surface area contributed by atoms with Gasteiger partial charge in [-0.1, -0.05) is 0 Å². The first-order valence-electron chi connectivity index (χ1n) is 7.79. The maximum atomic E-state index is 10.9. The molecule has 0 radical (unpaired) electrons. The molecule has 2 fully saturated rings. The Kier molecular flexibility index (Phi) is 4.05. The zero-order chi connectivity index (χ0) is 14.8. The number of piperidine rings is 1. The number of hydrogen-bond acceptors (Lipinski definition) is 5. The van der Waals surface area contributed by atoms with E-state index >= 15 is 0 Å². The first-order chi connectivity index (χ1) is 10.2. The van der Waals surface area contributed by atoms with Gasteiger partial charge in [0.15, 0.2) is 0 Å². The molecule has 6 nitrogen and oxygen atoms in total. The van der Waals surface area contributed by atoms with Crippen LogP contribution in [0.15, 0.2) is 12.1 Å². The summed E-state index contributed by atoms with van der Waals surface area (Å²) in [6.07, 6.45) is 6.05. The summed E-state index contributed by atoms with van der Waals surface area (Å²) in [5.74, 6) is 0.886. The normalized spacial score (nSPS) is 26.0.